The Kier molecular flexibility index (Phi) is 3.84. The topological polar surface area (TPSA) is 66.8 Å². The monoisotopic (exact) mass is 234 g/mol. The molecule has 0 bridgehead atoms. The lowest BCUT2D eigenvalue weighted by Crippen LogP contribution is -2.02. The first kappa shape index (κ1) is 9.52. The van der Waals surface area contributed by atoms with Crippen LogP contribution in [0.15, 0.2) is 0 Å². The maximum absolute atomic E-state index is 10.2. The van der Waals surface area contributed by atoms with Crippen LogP contribution in [-0.2, 0) is 21.1 Å². The van der Waals surface area contributed by atoms with Crippen LogP contribution in [0.3, 0.4) is 0 Å². The molecule has 0 aromatic rings. The normalized spacial score (nSPS) is 11.0. The van der Waals surface area contributed by atoms with E-state index in [-0.39, 0.29) is 5.33 Å². The predicted molar refractivity (Wildman–Crippen MR) is 38.6 cm³/mol. The average molecular weight is 235 g/mol. The van der Waals surface area contributed by atoms with Crippen molar-refractivity contribution in [3.05, 3.63) is 0 Å². The second-order valence-electron chi connectivity index (χ2n) is 1.09. The highest BCUT2D eigenvalue weighted by atomic mass is 79.9. The van der Waals surface area contributed by atoms with Crippen molar-refractivity contribution >= 4 is 40.4 Å². The third kappa shape index (κ3) is 6.40. The third-order valence-corrected chi connectivity index (χ3v) is 1.45. The number of rotatable bonds is 2. The smallest absolute Gasteiger partial charge is 0.377 e. The van der Waals surface area contributed by atoms with Gasteiger partial charge in [-0.25, -0.2) is 0 Å². The quantitative estimate of drug-likeness (QED) is 0.526. The van der Waals surface area contributed by atoms with E-state index in [4.69, 9.17) is 9.79 Å². The van der Waals surface area contributed by atoms with Gasteiger partial charge < -0.3 is 14.3 Å². The predicted octanol–water partition coefficient (Wildman–Crippen LogP) is 0.134. The summed E-state index contributed by atoms with van der Waals surface area (Å²) in [6, 6.07) is 0. The van der Waals surface area contributed by atoms with Crippen molar-refractivity contribution < 1.29 is 19.1 Å². The van der Waals surface area contributed by atoms with Gasteiger partial charge in [0, 0.05) is 11.8 Å². The summed E-state index contributed by atoms with van der Waals surface area (Å²) in [6.07, 6.45) is 0. The van der Waals surface area contributed by atoms with Gasteiger partial charge in [-0.15, -0.1) is 0 Å². The summed E-state index contributed by atoms with van der Waals surface area (Å²) in [5, 5.41) is -0.0908. The number of hydrogen-bond donors (Lipinski definition) is 2. The molecule has 0 aromatic carbocycles. The molecular weight excluding hydrogens is 231 g/mol. The van der Waals surface area contributed by atoms with Gasteiger partial charge in [-0.05, 0) is 0 Å². The van der Waals surface area contributed by atoms with Gasteiger partial charge >= 0.3 is 12.7 Å². The van der Waals surface area contributed by atoms with Crippen molar-refractivity contribution in [1.29, 1.82) is 0 Å². The van der Waals surface area contributed by atoms with Crippen LogP contribution in [0.2, 0.25) is 0 Å². The number of carbonyl (C=O) groups is 1. The molecule has 0 atom stereocenters. The Labute approximate surface area is 65.2 Å². The summed E-state index contributed by atoms with van der Waals surface area (Å²) in [6.45, 7) is -3.78. The van der Waals surface area contributed by atoms with Crippen LogP contribution in [0.25, 0.3) is 0 Å². The highest BCUT2D eigenvalue weighted by molar-refractivity contribution is 9.09. The van der Waals surface area contributed by atoms with Crippen LogP contribution < -0.4 is 0 Å². The Bertz CT molecular complexity index is 153. The summed E-state index contributed by atoms with van der Waals surface area (Å²) < 4.78 is 3.94. The fourth-order valence-corrected chi connectivity index (χ4v) is 1.03. The Balaban J connectivity index is 3.75. The molecule has 0 aliphatic rings. The van der Waals surface area contributed by atoms with E-state index < -0.39 is 12.7 Å². The van der Waals surface area contributed by atoms with Gasteiger partial charge in [0.2, 0.25) is 0 Å². The molecule has 0 amide bonds. The minimum Gasteiger partial charge on any atom is -0.391 e. The molecule has 0 saturated heterocycles. The van der Waals surface area contributed by atoms with Crippen LogP contribution in [0, 0.1) is 0 Å². The lowest BCUT2D eigenvalue weighted by molar-refractivity contribution is -0.131. The van der Waals surface area contributed by atoms with Gasteiger partial charge in [0.1, 0.15) is 5.33 Å². The molecule has 0 saturated carbocycles. The van der Waals surface area contributed by atoms with Gasteiger partial charge in [-0.3, -0.25) is 4.79 Å². The minimum absolute atomic E-state index is 0.0908. The molecule has 7 heteroatoms. The summed E-state index contributed by atoms with van der Waals surface area (Å²) in [4.78, 5) is 26.9. The van der Waals surface area contributed by atoms with E-state index in [0.29, 0.717) is 0 Å². The molecule has 0 aliphatic carbocycles. The number of hydrogen-bond acceptors (Lipinski definition) is 3. The van der Waals surface area contributed by atoms with Gasteiger partial charge in [-0.1, -0.05) is 15.9 Å². The molecule has 4 nitrogen and oxygen atoms in total. The molecule has 0 radical (unpaired) electrons. The van der Waals surface area contributed by atoms with Crippen LogP contribution >= 0.6 is 22.6 Å². The van der Waals surface area contributed by atoms with Crippen molar-refractivity contribution in [1.82, 2.24) is 0 Å². The zero-order valence-electron chi connectivity index (χ0n) is 4.15. The molecule has 54 valence electrons. The van der Waals surface area contributed by atoms with E-state index in [1.54, 1.807) is 0 Å². The number of halogens is 1. The lowest BCUT2D eigenvalue weighted by atomic mass is 10.8. The standard InChI is InChI=1S/C2H4BrO4PS/c3-1-2(4)7-8(5,6)9/h1H2,(H2,5,6,9). The van der Waals surface area contributed by atoms with Crippen LogP contribution in [0.5, 0.6) is 0 Å². The SMILES string of the molecule is O=C(CBr)OP(O)(O)=S. The second kappa shape index (κ2) is 3.63. The van der Waals surface area contributed by atoms with E-state index in [2.05, 4.69) is 32.3 Å². The summed E-state index contributed by atoms with van der Waals surface area (Å²) in [5.41, 5.74) is 0. The molecule has 0 rings (SSSR count). The van der Waals surface area contributed by atoms with Crippen molar-refractivity contribution in [2.24, 2.45) is 0 Å². The number of carbonyl (C=O) groups excluding carboxylic acids is 1. The first-order chi connectivity index (χ1) is 3.95. The molecule has 0 spiro atoms. The highest BCUT2D eigenvalue weighted by Crippen LogP contribution is 2.36. The maximum atomic E-state index is 10.2. The summed E-state index contributed by atoms with van der Waals surface area (Å²) in [5.74, 6) is -0.775. The van der Waals surface area contributed by atoms with Crippen LogP contribution in [-0.4, -0.2) is 21.1 Å². The van der Waals surface area contributed by atoms with E-state index in [9.17, 15) is 4.79 Å². The van der Waals surface area contributed by atoms with Crippen molar-refractivity contribution in [3.63, 3.8) is 0 Å². The van der Waals surface area contributed by atoms with Crippen LogP contribution in [0.1, 0.15) is 0 Å². The van der Waals surface area contributed by atoms with E-state index in [1.807, 2.05) is 0 Å². The average Bonchev–Trinajstić information content (AvgIpc) is 1.62. The van der Waals surface area contributed by atoms with Crippen molar-refractivity contribution in [2.45, 2.75) is 0 Å². The molecule has 0 heterocycles. The van der Waals surface area contributed by atoms with Gasteiger partial charge in [0.25, 0.3) is 0 Å². The fraction of sp³-hybridized carbons (Fsp3) is 0.500. The zero-order chi connectivity index (χ0) is 7.49. The summed E-state index contributed by atoms with van der Waals surface area (Å²) >= 11 is 6.73. The van der Waals surface area contributed by atoms with E-state index >= 15 is 0 Å². The molecule has 0 unspecified atom stereocenters. The molecule has 0 aromatic heterocycles. The van der Waals surface area contributed by atoms with E-state index in [0.717, 1.165) is 0 Å². The molecule has 0 fully saturated rings. The molecule has 0 aliphatic heterocycles. The molecule has 2 N–H and O–H groups in total. The Hall–Kier alpha value is 0.520. The first-order valence-electron chi connectivity index (χ1n) is 1.79. The van der Waals surface area contributed by atoms with E-state index in [1.165, 1.54) is 0 Å². The summed E-state index contributed by atoms with van der Waals surface area (Å²) in [7, 11) is 0. The largest absolute Gasteiger partial charge is 0.391 e. The van der Waals surface area contributed by atoms with Gasteiger partial charge in [0.15, 0.2) is 0 Å². The molecule has 9 heavy (non-hydrogen) atoms. The Morgan fingerprint density at radius 2 is 2.22 bits per heavy atom. The Morgan fingerprint density at radius 3 is 2.33 bits per heavy atom. The fourth-order valence-electron chi connectivity index (χ4n) is 0.157. The highest BCUT2D eigenvalue weighted by Gasteiger charge is 2.12. The Morgan fingerprint density at radius 1 is 1.78 bits per heavy atom. The lowest BCUT2D eigenvalue weighted by Gasteiger charge is -2.04. The maximum Gasteiger partial charge on any atom is 0.377 e. The number of alkyl halides is 1. The first-order valence-corrected chi connectivity index (χ1v) is 5.54. The van der Waals surface area contributed by atoms with Crippen LogP contribution in [0.4, 0.5) is 0 Å². The zero-order valence-corrected chi connectivity index (χ0v) is 7.45. The van der Waals surface area contributed by atoms with Crippen molar-refractivity contribution in [3.8, 4) is 0 Å². The van der Waals surface area contributed by atoms with Crippen molar-refractivity contribution in [2.75, 3.05) is 5.33 Å². The minimum atomic E-state index is -3.78. The van der Waals surface area contributed by atoms with Gasteiger partial charge in [0.05, 0.1) is 0 Å². The second-order valence-corrected chi connectivity index (χ2v) is 4.24. The third-order valence-electron chi connectivity index (χ3n) is 0.330. The molecular formula is C2H4BrO4PS. The van der Waals surface area contributed by atoms with Gasteiger partial charge in [-0.2, -0.15) is 0 Å².